The van der Waals surface area contributed by atoms with Crippen molar-refractivity contribution in [3.8, 4) is 22.4 Å². The standard InChI is InChI=1S/C20H19NO2/c1-14(2)17-13-18(15-9-5-3-6-10-15)19(21(23)20(17)22)16-11-7-4-8-12-16/h3-14,23H,1-2H3. The van der Waals surface area contributed by atoms with Crippen molar-refractivity contribution >= 4 is 0 Å². The molecule has 0 amide bonds. The predicted molar refractivity (Wildman–Crippen MR) is 92.8 cm³/mol. The minimum absolute atomic E-state index is 0.0354. The fourth-order valence-corrected chi connectivity index (χ4v) is 2.75. The molecular weight excluding hydrogens is 286 g/mol. The van der Waals surface area contributed by atoms with Crippen molar-refractivity contribution in [1.82, 2.24) is 4.73 Å². The molecule has 23 heavy (non-hydrogen) atoms. The molecule has 1 aromatic heterocycles. The Hall–Kier alpha value is -2.81. The maximum absolute atomic E-state index is 12.5. The van der Waals surface area contributed by atoms with Crippen molar-refractivity contribution in [3.63, 3.8) is 0 Å². The van der Waals surface area contributed by atoms with E-state index in [4.69, 9.17) is 0 Å². The van der Waals surface area contributed by atoms with E-state index in [-0.39, 0.29) is 11.5 Å². The van der Waals surface area contributed by atoms with Crippen molar-refractivity contribution < 1.29 is 5.21 Å². The van der Waals surface area contributed by atoms with Gasteiger partial charge in [-0.05, 0) is 17.5 Å². The molecule has 0 aliphatic heterocycles. The fourth-order valence-electron chi connectivity index (χ4n) is 2.75. The second kappa shape index (κ2) is 6.13. The molecule has 1 N–H and O–H groups in total. The molecule has 0 aliphatic rings. The topological polar surface area (TPSA) is 42.2 Å². The fraction of sp³-hybridized carbons (Fsp3) is 0.150. The summed E-state index contributed by atoms with van der Waals surface area (Å²) in [5.41, 5.74) is 3.38. The van der Waals surface area contributed by atoms with Crippen LogP contribution in [0, 0.1) is 0 Å². The molecular formula is C20H19NO2. The van der Waals surface area contributed by atoms with Gasteiger partial charge < -0.3 is 5.21 Å². The van der Waals surface area contributed by atoms with Gasteiger partial charge in [-0.1, -0.05) is 74.5 Å². The summed E-state index contributed by atoms with van der Waals surface area (Å²) in [6, 6.07) is 21.2. The van der Waals surface area contributed by atoms with Crippen molar-refractivity contribution in [2.24, 2.45) is 0 Å². The molecule has 3 heteroatoms. The average Bonchev–Trinajstić information content (AvgIpc) is 2.58. The monoisotopic (exact) mass is 305 g/mol. The first-order chi connectivity index (χ1) is 11.1. The molecule has 116 valence electrons. The Morgan fingerprint density at radius 3 is 1.91 bits per heavy atom. The summed E-state index contributed by atoms with van der Waals surface area (Å²) in [7, 11) is 0. The summed E-state index contributed by atoms with van der Waals surface area (Å²) in [5.74, 6) is 0.0354. The van der Waals surface area contributed by atoms with E-state index in [9.17, 15) is 10.0 Å². The number of nitrogens with zero attached hydrogens (tertiary/aromatic N) is 1. The van der Waals surface area contributed by atoms with Gasteiger partial charge in [0.25, 0.3) is 5.56 Å². The average molecular weight is 305 g/mol. The zero-order valence-electron chi connectivity index (χ0n) is 13.2. The third-order valence-corrected chi connectivity index (χ3v) is 3.96. The highest BCUT2D eigenvalue weighted by Crippen LogP contribution is 2.32. The van der Waals surface area contributed by atoms with Crippen LogP contribution in [0.15, 0.2) is 71.5 Å². The van der Waals surface area contributed by atoms with Crippen LogP contribution in [0.5, 0.6) is 0 Å². The molecule has 0 bridgehead atoms. The minimum atomic E-state index is -0.362. The summed E-state index contributed by atoms with van der Waals surface area (Å²) in [5, 5.41) is 10.5. The van der Waals surface area contributed by atoms with Gasteiger partial charge >= 0.3 is 0 Å². The highest BCUT2D eigenvalue weighted by atomic mass is 16.5. The first-order valence-electron chi connectivity index (χ1n) is 7.69. The van der Waals surface area contributed by atoms with Crippen LogP contribution in [0.4, 0.5) is 0 Å². The molecule has 0 radical (unpaired) electrons. The van der Waals surface area contributed by atoms with Gasteiger partial charge in [0.1, 0.15) is 0 Å². The lowest BCUT2D eigenvalue weighted by molar-refractivity contribution is 0.179. The van der Waals surface area contributed by atoms with E-state index in [2.05, 4.69) is 0 Å². The number of benzene rings is 2. The molecule has 3 aromatic rings. The molecule has 0 spiro atoms. The summed E-state index contributed by atoms with van der Waals surface area (Å²) < 4.78 is 0.785. The maximum atomic E-state index is 12.5. The Labute approximate surface area is 135 Å². The highest BCUT2D eigenvalue weighted by Gasteiger charge is 2.18. The lowest BCUT2D eigenvalue weighted by atomic mass is 9.94. The molecule has 3 nitrogen and oxygen atoms in total. The Morgan fingerprint density at radius 2 is 1.39 bits per heavy atom. The maximum Gasteiger partial charge on any atom is 0.286 e. The molecule has 0 saturated heterocycles. The van der Waals surface area contributed by atoms with E-state index in [1.807, 2.05) is 80.6 Å². The molecule has 0 fully saturated rings. The van der Waals surface area contributed by atoms with Crippen LogP contribution >= 0.6 is 0 Å². The van der Waals surface area contributed by atoms with Gasteiger partial charge in [-0.15, -0.1) is 4.73 Å². The van der Waals surface area contributed by atoms with Gasteiger partial charge in [0.15, 0.2) is 0 Å². The van der Waals surface area contributed by atoms with Crippen LogP contribution in [0.25, 0.3) is 22.4 Å². The Bertz CT molecular complexity index is 865. The second-order valence-corrected chi connectivity index (χ2v) is 5.87. The van der Waals surface area contributed by atoms with E-state index < -0.39 is 0 Å². The van der Waals surface area contributed by atoms with Gasteiger partial charge in [-0.2, -0.15) is 0 Å². The van der Waals surface area contributed by atoms with Gasteiger partial charge in [-0.3, -0.25) is 4.79 Å². The Kier molecular flexibility index (Phi) is 4.02. The smallest absolute Gasteiger partial charge is 0.286 e. The Balaban J connectivity index is 2.38. The van der Waals surface area contributed by atoms with Crippen molar-refractivity contribution in [2.75, 3.05) is 0 Å². The lowest BCUT2D eigenvalue weighted by Gasteiger charge is -2.16. The van der Waals surface area contributed by atoms with Crippen LogP contribution in [0.3, 0.4) is 0 Å². The normalized spacial score (nSPS) is 10.9. The van der Waals surface area contributed by atoms with E-state index >= 15 is 0 Å². The summed E-state index contributed by atoms with van der Waals surface area (Å²) >= 11 is 0. The molecule has 0 atom stereocenters. The van der Waals surface area contributed by atoms with Crippen LogP contribution in [-0.2, 0) is 0 Å². The first-order valence-corrected chi connectivity index (χ1v) is 7.69. The van der Waals surface area contributed by atoms with Gasteiger partial charge in [0, 0.05) is 16.7 Å². The van der Waals surface area contributed by atoms with E-state index in [1.165, 1.54) is 0 Å². The zero-order valence-corrected chi connectivity index (χ0v) is 13.2. The van der Waals surface area contributed by atoms with Crippen LogP contribution in [0.2, 0.25) is 0 Å². The van der Waals surface area contributed by atoms with Crippen molar-refractivity contribution in [1.29, 1.82) is 0 Å². The van der Waals surface area contributed by atoms with Gasteiger partial charge in [0.05, 0.1) is 5.69 Å². The molecule has 2 aromatic carbocycles. The molecule has 3 rings (SSSR count). The Morgan fingerprint density at radius 1 is 0.870 bits per heavy atom. The minimum Gasteiger partial charge on any atom is -0.425 e. The second-order valence-electron chi connectivity index (χ2n) is 5.87. The van der Waals surface area contributed by atoms with Gasteiger partial charge in [0.2, 0.25) is 0 Å². The largest absolute Gasteiger partial charge is 0.425 e. The van der Waals surface area contributed by atoms with E-state index in [1.54, 1.807) is 0 Å². The van der Waals surface area contributed by atoms with Crippen LogP contribution in [-0.4, -0.2) is 9.94 Å². The summed E-state index contributed by atoms with van der Waals surface area (Å²) in [4.78, 5) is 12.5. The van der Waals surface area contributed by atoms with Gasteiger partial charge in [-0.25, -0.2) is 0 Å². The third-order valence-electron chi connectivity index (χ3n) is 3.96. The van der Waals surface area contributed by atoms with E-state index in [0.29, 0.717) is 11.3 Å². The highest BCUT2D eigenvalue weighted by molar-refractivity contribution is 5.81. The third kappa shape index (κ3) is 2.78. The number of hydrogen-bond acceptors (Lipinski definition) is 2. The quantitative estimate of drug-likeness (QED) is 0.722. The predicted octanol–water partition coefficient (Wildman–Crippen LogP) is 4.54. The molecule has 1 heterocycles. The zero-order chi connectivity index (χ0) is 16.4. The number of pyridine rings is 1. The summed E-state index contributed by atoms with van der Waals surface area (Å²) in [6.07, 6.45) is 0. The van der Waals surface area contributed by atoms with Crippen molar-refractivity contribution in [3.05, 3.63) is 82.6 Å². The molecule has 0 aliphatic carbocycles. The summed E-state index contributed by atoms with van der Waals surface area (Å²) in [6.45, 7) is 3.90. The van der Waals surface area contributed by atoms with E-state index in [0.717, 1.165) is 21.4 Å². The van der Waals surface area contributed by atoms with Crippen molar-refractivity contribution in [2.45, 2.75) is 19.8 Å². The number of hydrogen-bond donors (Lipinski definition) is 1. The number of rotatable bonds is 3. The first kappa shape index (κ1) is 15.1. The molecule has 0 unspecified atom stereocenters. The number of aromatic nitrogens is 1. The van der Waals surface area contributed by atoms with Crippen LogP contribution < -0.4 is 5.56 Å². The van der Waals surface area contributed by atoms with Crippen LogP contribution in [0.1, 0.15) is 25.3 Å². The molecule has 0 saturated carbocycles. The SMILES string of the molecule is CC(C)c1cc(-c2ccccc2)c(-c2ccccc2)n(O)c1=O. The lowest BCUT2D eigenvalue weighted by Crippen LogP contribution is -2.24.